The maximum absolute atomic E-state index is 11.8. The average molecular weight is 378 g/mol. The first-order valence-electron chi connectivity index (χ1n) is 6.44. The van der Waals surface area contributed by atoms with E-state index in [1.165, 1.54) is 12.4 Å². The standard InChI is InChI=1S/C15H12BrN3O4/c16-12-3-4-13(23-9-14(20)21)11(6-12)8-18-19-15(22)10-2-1-5-17-7-10/h1-8H,9H2,(H,19,22)(H,20,21)/b18-8+. The van der Waals surface area contributed by atoms with Crippen molar-refractivity contribution in [2.24, 2.45) is 5.10 Å². The second-order valence-electron chi connectivity index (χ2n) is 4.31. The van der Waals surface area contributed by atoms with Crippen LogP contribution in [0.3, 0.4) is 0 Å². The Morgan fingerprint density at radius 3 is 2.91 bits per heavy atom. The molecule has 8 heteroatoms. The molecular formula is C15H12BrN3O4. The van der Waals surface area contributed by atoms with Gasteiger partial charge in [0.1, 0.15) is 5.75 Å². The zero-order valence-electron chi connectivity index (χ0n) is 11.8. The van der Waals surface area contributed by atoms with Crippen molar-refractivity contribution in [2.75, 3.05) is 6.61 Å². The summed E-state index contributed by atoms with van der Waals surface area (Å²) in [6.07, 6.45) is 4.36. The number of hydrazone groups is 1. The fourth-order valence-corrected chi connectivity index (χ4v) is 1.99. The molecule has 0 aliphatic carbocycles. The number of aromatic nitrogens is 1. The maximum Gasteiger partial charge on any atom is 0.341 e. The molecule has 0 saturated carbocycles. The molecule has 0 bridgehead atoms. The Hall–Kier alpha value is -2.74. The number of hydrogen-bond acceptors (Lipinski definition) is 5. The summed E-state index contributed by atoms with van der Waals surface area (Å²) in [4.78, 5) is 26.2. The molecule has 0 aliphatic rings. The van der Waals surface area contributed by atoms with Gasteiger partial charge in [0.25, 0.3) is 5.91 Å². The van der Waals surface area contributed by atoms with Crippen LogP contribution < -0.4 is 10.2 Å². The molecule has 1 aromatic heterocycles. The minimum Gasteiger partial charge on any atom is -0.481 e. The Morgan fingerprint density at radius 2 is 2.22 bits per heavy atom. The number of benzene rings is 1. The molecule has 0 unspecified atom stereocenters. The second-order valence-corrected chi connectivity index (χ2v) is 5.22. The van der Waals surface area contributed by atoms with Crippen molar-refractivity contribution in [1.29, 1.82) is 0 Å². The third-order valence-corrected chi connectivity index (χ3v) is 3.11. The number of aliphatic carboxylic acids is 1. The predicted molar refractivity (Wildman–Crippen MR) is 86.6 cm³/mol. The van der Waals surface area contributed by atoms with Gasteiger partial charge in [-0.2, -0.15) is 5.10 Å². The molecule has 0 atom stereocenters. The summed E-state index contributed by atoms with van der Waals surface area (Å²) >= 11 is 3.30. The normalized spacial score (nSPS) is 10.5. The van der Waals surface area contributed by atoms with Gasteiger partial charge in [0.05, 0.1) is 11.8 Å². The first kappa shape index (κ1) is 16.6. The van der Waals surface area contributed by atoms with E-state index in [0.29, 0.717) is 16.9 Å². The lowest BCUT2D eigenvalue weighted by Gasteiger charge is -2.07. The van der Waals surface area contributed by atoms with E-state index in [9.17, 15) is 9.59 Å². The quantitative estimate of drug-likeness (QED) is 0.592. The molecule has 0 aliphatic heterocycles. The fraction of sp³-hybridized carbons (Fsp3) is 0.0667. The molecule has 23 heavy (non-hydrogen) atoms. The van der Waals surface area contributed by atoms with E-state index in [2.05, 4.69) is 31.4 Å². The molecule has 118 valence electrons. The van der Waals surface area contributed by atoms with Crippen molar-refractivity contribution in [1.82, 2.24) is 10.4 Å². The minimum atomic E-state index is -1.08. The van der Waals surface area contributed by atoms with Gasteiger partial charge in [-0.05, 0) is 30.3 Å². The lowest BCUT2D eigenvalue weighted by Crippen LogP contribution is -2.17. The highest BCUT2D eigenvalue weighted by molar-refractivity contribution is 9.10. The number of hydrogen-bond donors (Lipinski definition) is 2. The number of halogens is 1. The lowest BCUT2D eigenvalue weighted by atomic mass is 10.2. The predicted octanol–water partition coefficient (Wildman–Crippen LogP) is 2.07. The maximum atomic E-state index is 11.8. The van der Waals surface area contributed by atoms with Crippen molar-refractivity contribution in [3.63, 3.8) is 0 Å². The van der Waals surface area contributed by atoms with E-state index >= 15 is 0 Å². The van der Waals surface area contributed by atoms with Gasteiger partial charge in [0, 0.05) is 22.4 Å². The van der Waals surface area contributed by atoms with Crippen LogP contribution in [0.15, 0.2) is 52.3 Å². The Bertz CT molecular complexity index is 735. The number of amides is 1. The summed E-state index contributed by atoms with van der Waals surface area (Å²) in [5.74, 6) is -1.15. The first-order chi connectivity index (χ1) is 11.1. The van der Waals surface area contributed by atoms with Crippen LogP contribution in [0.5, 0.6) is 5.75 Å². The number of carboxylic acids is 1. The Labute approximate surface area is 140 Å². The largest absolute Gasteiger partial charge is 0.481 e. The highest BCUT2D eigenvalue weighted by Crippen LogP contribution is 2.21. The van der Waals surface area contributed by atoms with Crippen LogP contribution in [-0.2, 0) is 4.79 Å². The third kappa shape index (κ3) is 5.19. The fourth-order valence-electron chi connectivity index (χ4n) is 1.61. The Kier molecular flexibility index (Phi) is 5.81. The molecule has 2 rings (SSSR count). The first-order valence-corrected chi connectivity index (χ1v) is 7.23. The average Bonchev–Trinajstić information content (AvgIpc) is 2.54. The molecular weight excluding hydrogens is 366 g/mol. The van der Waals surface area contributed by atoms with Crippen molar-refractivity contribution < 1.29 is 19.4 Å². The van der Waals surface area contributed by atoms with Crippen LogP contribution in [-0.4, -0.2) is 34.8 Å². The zero-order valence-corrected chi connectivity index (χ0v) is 13.4. The lowest BCUT2D eigenvalue weighted by molar-refractivity contribution is -0.139. The van der Waals surface area contributed by atoms with Crippen molar-refractivity contribution in [3.8, 4) is 5.75 Å². The molecule has 0 spiro atoms. The number of carboxylic acid groups (broad SMARTS) is 1. The van der Waals surface area contributed by atoms with Gasteiger partial charge in [-0.1, -0.05) is 15.9 Å². The van der Waals surface area contributed by atoms with Crippen LogP contribution in [0.25, 0.3) is 0 Å². The monoisotopic (exact) mass is 377 g/mol. The number of rotatable bonds is 6. The molecule has 1 aromatic carbocycles. The molecule has 1 amide bonds. The van der Waals surface area contributed by atoms with Gasteiger partial charge in [-0.25, -0.2) is 10.2 Å². The van der Waals surface area contributed by atoms with Crippen molar-refractivity contribution in [2.45, 2.75) is 0 Å². The van der Waals surface area contributed by atoms with Gasteiger partial charge >= 0.3 is 5.97 Å². The topological polar surface area (TPSA) is 101 Å². The number of ether oxygens (including phenoxy) is 1. The van der Waals surface area contributed by atoms with Crippen molar-refractivity contribution in [3.05, 3.63) is 58.3 Å². The summed E-state index contributed by atoms with van der Waals surface area (Å²) in [6, 6.07) is 8.26. The zero-order chi connectivity index (χ0) is 16.7. The molecule has 2 aromatic rings. The highest BCUT2D eigenvalue weighted by atomic mass is 79.9. The summed E-state index contributed by atoms with van der Waals surface area (Å²) in [5.41, 5.74) is 3.26. The van der Waals surface area contributed by atoms with Crippen molar-refractivity contribution >= 4 is 34.0 Å². The van der Waals surface area contributed by atoms with E-state index in [1.807, 2.05) is 0 Å². The molecule has 0 radical (unpaired) electrons. The van der Waals surface area contributed by atoms with Gasteiger partial charge in [0.15, 0.2) is 6.61 Å². The van der Waals surface area contributed by atoms with Crippen LogP contribution >= 0.6 is 15.9 Å². The number of nitrogens with zero attached hydrogens (tertiary/aromatic N) is 2. The van der Waals surface area contributed by atoms with Gasteiger partial charge in [0.2, 0.25) is 0 Å². The van der Waals surface area contributed by atoms with Crippen LogP contribution in [0.2, 0.25) is 0 Å². The SMILES string of the molecule is O=C(O)COc1ccc(Br)cc1/C=N/NC(=O)c1cccnc1. The van der Waals surface area contributed by atoms with E-state index in [-0.39, 0.29) is 0 Å². The van der Waals surface area contributed by atoms with Gasteiger partial charge in [-0.3, -0.25) is 9.78 Å². The Balaban J connectivity index is 2.07. The summed E-state index contributed by atoms with van der Waals surface area (Å²) in [6.45, 7) is -0.468. The smallest absolute Gasteiger partial charge is 0.341 e. The van der Waals surface area contributed by atoms with Crippen LogP contribution in [0, 0.1) is 0 Å². The van der Waals surface area contributed by atoms with E-state index in [0.717, 1.165) is 4.47 Å². The number of pyridine rings is 1. The molecule has 0 saturated heterocycles. The Morgan fingerprint density at radius 1 is 1.39 bits per heavy atom. The number of carbonyl (C=O) groups is 2. The highest BCUT2D eigenvalue weighted by Gasteiger charge is 2.06. The van der Waals surface area contributed by atoms with Gasteiger partial charge in [-0.15, -0.1) is 0 Å². The summed E-state index contributed by atoms with van der Waals surface area (Å²) in [7, 11) is 0. The summed E-state index contributed by atoms with van der Waals surface area (Å²) < 4.78 is 5.93. The van der Waals surface area contributed by atoms with Gasteiger partial charge < -0.3 is 9.84 Å². The third-order valence-electron chi connectivity index (χ3n) is 2.62. The van der Waals surface area contributed by atoms with Crippen LogP contribution in [0.4, 0.5) is 0 Å². The van der Waals surface area contributed by atoms with E-state index in [4.69, 9.17) is 9.84 Å². The van der Waals surface area contributed by atoms with E-state index < -0.39 is 18.5 Å². The summed E-state index contributed by atoms with van der Waals surface area (Å²) in [5, 5.41) is 12.5. The molecule has 0 fully saturated rings. The van der Waals surface area contributed by atoms with E-state index in [1.54, 1.807) is 36.5 Å². The minimum absolute atomic E-state index is 0.343. The number of nitrogens with one attached hydrogen (secondary N) is 1. The molecule has 2 N–H and O–H groups in total. The second kappa shape index (κ2) is 8.04. The number of carbonyl (C=O) groups excluding carboxylic acids is 1. The molecule has 1 heterocycles. The van der Waals surface area contributed by atoms with Crippen LogP contribution in [0.1, 0.15) is 15.9 Å². The molecule has 7 nitrogen and oxygen atoms in total.